The van der Waals surface area contributed by atoms with E-state index in [1.165, 1.54) is 18.4 Å². The van der Waals surface area contributed by atoms with Crippen molar-refractivity contribution in [3.05, 3.63) is 11.0 Å². The summed E-state index contributed by atoms with van der Waals surface area (Å²) < 4.78 is 0. The van der Waals surface area contributed by atoms with E-state index in [1.807, 2.05) is 0 Å². The van der Waals surface area contributed by atoms with Gasteiger partial charge >= 0.3 is 0 Å². The minimum Gasteiger partial charge on any atom is -0.118 e. The van der Waals surface area contributed by atoms with Gasteiger partial charge in [-0.1, -0.05) is 12.5 Å². The molecule has 1 aliphatic rings. The molecule has 0 aromatic carbocycles. The van der Waals surface area contributed by atoms with Crippen LogP contribution in [-0.2, 0) is 0 Å². The molecular formula is C8H13B. The van der Waals surface area contributed by atoms with Gasteiger partial charge in [0, 0.05) is 0 Å². The molecule has 0 saturated heterocycles. The lowest BCUT2D eigenvalue weighted by molar-refractivity contribution is 0.508. The molecule has 0 fully saturated rings. The first-order valence-corrected chi connectivity index (χ1v) is 3.64. The maximum atomic E-state index is 5.75. The third-order valence-electron chi connectivity index (χ3n) is 2.13. The highest BCUT2D eigenvalue weighted by Gasteiger charge is 2.10. The predicted molar refractivity (Wildman–Crippen MR) is 41.5 cm³/mol. The Hall–Kier alpha value is -0.195. The molecule has 0 saturated carbocycles. The van der Waals surface area contributed by atoms with Gasteiger partial charge in [0.15, 0.2) is 0 Å². The Balaban J connectivity index is 2.61. The summed E-state index contributed by atoms with van der Waals surface area (Å²) in [6.45, 7) is 4.40. The van der Waals surface area contributed by atoms with Crippen LogP contribution in [0.15, 0.2) is 11.0 Å². The first-order chi connectivity index (χ1) is 4.20. The molecule has 2 radical (unpaired) electrons. The van der Waals surface area contributed by atoms with Gasteiger partial charge in [-0.3, -0.25) is 0 Å². The molecule has 0 aromatic heterocycles. The van der Waals surface area contributed by atoms with Gasteiger partial charge in [-0.15, -0.1) is 5.47 Å². The van der Waals surface area contributed by atoms with E-state index in [4.69, 9.17) is 7.85 Å². The predicted octanol–water partition coefficient (Wildman–Crippen LogP) is 2.25. The summed E-state index contributed by atoms with van der Waals surface area (Å²) in [6.07, 6.45) is 3.66. The first kappa shape index (κ1) is 6.92. The number of allylic oxidation sites excluding steroid dienone is 2. The van der Waals surface area contributed by atoms with Crippen LogP contribution in [-0.4, -0.2) is 7.85 Å². The minimum absolute atomic E-state index is 0.814. The zero-order valence-electron chi connectivity index (χ0n) is 6.28. The molecule has 9 heavy (non-hydrogen) atoms. The van der Waals surface area contributed by atoms with Crippen LogP contribution in [0.25, 0.3) is 0 Å². The van der Waals surface area contributed by atoms with Gasteiger partial charge in [0.25, 0.3) is 0 Å². The van der Waals surface area contributed by atoms with Crippen molar-refractivity contribution in [1.82, 2.24) is 0 Å². The van der Waals surface area contributed by atoms with E-state index < -0.39 is 0 Å². The monoisotopic (exact) mass is 120 g/mol. The van der Waals surface area contributed by atoms with E-state index >= 15 is 0 Å². The van der Waals surface area contributed by atoms with Crippen molar-refractivity contribution in [3.63, 3.8) is 0 Å². The zero-order valence-corrected chi connectivity index (χ0v) is 6.28. The molecule has 0 bridgehead atoms. The molecular weight excluding hydrogens is 107 g/mol. The van der Waals surface area contributed by atoms with Crippen LogP contribution in [0.5, 0.6) is 0 Å². The summed E-state index contributed by atoms with van der Waals surface area (Å²) in [5.74, 6) is 0.814. The Kier molecular flexibility index (Phi) is 1.99. The molecule has 0 amide bonds. The highest BCUT2D eigenvalue weighted by Crippen LogP contribution is 2.26. The highest BCUT2D eigenvalue weighted by molar-refractivity contribution is 6.22. The molecule has 1 atom stereocenters. The van der Waals surface area contributed by atoms with E-state index in [-0.39, 0.29) is 0 Å². The van der Waals surface area contributed by atoms with Gasteiger partial charge < -0.3 is 0 Å². The lowest BCUT2D eigenvalue weighted by atomic mass is 9.76. The van der Waals surface area contributed by atoms with E-state index in [0.29, 0.717) is 0 Å². The van der Waals surface area contributed by atoms with Crippen LogP contribution in [0.1, 0.15) is 33.1 Å². The van der Waals surface area contributed by atoms with Crippen molar-refractivity contribution in [3.8, 4) is 0 Å². The smallest absolute Gasteiger partial charge is 0.107 e. The first-order valence-electron chi connectivity index (χ1n) is 3.64. The molecule has 1 aliphatic carbocycles. The van der Waals surface area contributed by atoms with E-state index in [2.05, 4.69) is 13.8 Å². The van der Waals surface area contributed by atoms with E-state index in [1.54, 1.807) is 0 Å². The Bertz CT molecular complexity index is 136. The van der Waals surface area contributed by atoms with Gasteiger partial charge in [0.2, 0.25) is 0 Å². The zero-order chi connectivity index (χ0) is 6.85. The molecule has 0 aromatic rings. The van der Waals surface area contributed by atoms with Crippen LogP contribution in [0, 0.1) is 5.92 Å². The second kappa shape index (κ2) is 2.59. The summed E-state index contributed by atoms with van der Waals surface area (Å²) in [4.78, 5) is 0. The largest absolute Gasteiger partial charge is 0.118 e. The van der Waals surface area contributed by atoms with Gasteiger partial charge in [0.05, 0.1) is 0 Å². The summed E-state index contributed by atoms with van der Waals surface area (Å²) in [7, 11) is 5.75. The second-order valence-electron chi connectivity index (χ2n) is 3.15. The fourth-order valence-corrected chi connectivity index (χ4v) is 1.28. The van der Waals surface area contributed by atoms with E-state index in [9.17, 15) is 0 Å². The summed E-state index contributed by atoms with van der Waals surface area (Å²) >= 11 is 0. The van der Waals surface area contributed by atoms with Crippen LogP contribution in [0.3, 0.4) is 0 Å². The molecule has 0 aliphatic heterocycles. The van der Waals surface area contributed by atoms with Crippen LogP contribution < -0.4 is 0 Å². The standard InChI is InChI=1S/C8H13B/c1-6-3-4-7(2)8(9)5-6/h6H,3-5H2,1-2H3. The van der Waals surface area contributed by atoms with Gasteiger partial charge in [-0.2, -0.15) is 0 Å². The molecule has 0 spiro atoms. The Morgan fingerprint density at radius 2 is 2.22 bits per heavy atom. The lowest BCUT2D eigenvalue weighted by Gasteiger charge is -2.20. The van der Waals surface area contributed by atoms with Gasteiger partial charge in [-0.05, 0) is 32.1 Å². The summed E-state index contributed by atoms with van der Waals surface area (Å²) in [6, 6.07) is 0. The fraction of sp³-hybridized carbons (Fsp3) is 0.750. The summed E-state index contributed by atoms with van der Waals surface area (Å²) in [5.41, 5.74) is 2.54. The Morgan fingerprint density at radius 1 is 1.56 bits per heavy atom. The van der Waals surface area contributed by atoms with Crippen LogP contribution >= 0.6 is 0 Å². The average molecular weight is 120 g/mol. The number of hydrogen-bond donors (Lipinski definition) is 0. The Labute approximate surface area is 58.8 Å². The number of hydrogen-bond acceptors (Lipinski definition) is 0. The van der Waals surface area contributed by atoms with Crippen molar-refractivity contribution < 1.29 is 0 Å². The lowest BCUT2D eigenvalue weighted by Crippen LogP contribution is -2.05. The maximum absolute atomic E-state index is 5.75. The minimum atomic E-state index is 0.814. The van der Waals surface area contributed by atoms with Crippen molar-refractivity contribution in [2.24, 2.45) is 5.92 Å². The SMILES string of the molecule is [B]C1=C(C)CCC(C)C1. The number of rotatable bonds is 0. The molecule has 1 heteroatoms. The molecule has 0 heterocycles. The van der Waals surface area contributed by atoms with Crippen molar-refractivity contribution >= 4 is 7.85 Å². The van der Waals surface area contributed by atoms with Crippen molar-refractivity contribution in [2.75, 3.05) is 0 Å². The summed E-state index contributed by atoms with van der Waals surface area (Å²) in [5, 5.41) is 0. The van der Waals surface area contributed by atoms with Gasteiger partial charge in [0.1, 0.15) is 7.85 Å². The molecule has 0 N–H and O–H groups in total. The molecule has 1 rings (SSSR count). The van der Waals surface area contributed by atoms with E-state index in [0.717, 1.165) is 17.8 Å². The Morgan fingerprint density at radius 3 is 2.67 bits per heavy atom. The van der Waals surface area contributed by atoms with Crippen LogP contribution in [0.2, 0.25) is 0 Å². The maximum Gasteiger partial charge on any atom is 0.107 e. The fourth-order valence-electron chi connectivity index (χ4n) is 1.28. The highest BCUT2D eigenvalue weighted by atomic mass is 14.1. The molecule has 0 nitrogen and oxygen atoms in total. The van der Waals surface area contributed by atoms with Gasteiger partial charge in [-0.25, -0.2) is 0 Å². The normalized spacial score (nSPS) is 28.9. The average Bonchev–Trinajstić information content (AvgIpc) is 1.80. The van der Waals surface area contributed by atoms with Crippen LogP contribution in [0.4, 0.5) is 0 Å². The molecule has 48 valence electrons. The topological polar surface area (TPSA) is 0 Å². The van der Waals surface area contributed by atoms with Crippen molar-refractivity contribution in [2.45, 2.75) is 33.1 Å². The van der Waals surface area contributed by atoms with Crippen molar-refractivity contribution in [1.29, 1.82) is 0 Å². The second-order valence-corrected chi connectivity index (χ2v) is 3.15. The molecule has 1 unspecified atom stereocenters. The quantitative estimate of drug-likeness (QED) is 0.430. The third kappa shape index (κ3) is 1.60. The third-order valence-corrected chi connectivity index (χ3v) is 2.13.